The van der Waals surface area contributed by atoms with Gasteiger partial charge in [0.25, 0.3) is 5.91 Å². The van der Waals surface area contributed by atoms with Gasteiger partial charge < -0.3 is 28.8 Å². The van der Waals surface area contributed by atoms with Crippen molar-refractivity contribution in [2.45, 2.75) is 26.9 Å². The average Bonchev–Trinajstić information content (AvgIpc) is 3.61. The van der Waals surface area contributed by atoms with Crippen LogP contribution in [0.5, 0.6) is 11.5 Å². The number of ether oxygens (including phenoxy) is 4. The van der Waals surface area contributed by atoms with Crippen molar-refractivity contribution in [1.82, 2.24) is 19.3 Å². The largest absolute Gasteiger partial charge is 0.497 e. The number of halogens is 1. The van der Waals surface area contributed by atoms with Crippen molar-refractivity contribution >= 4 is 46.3 Å². The number of anilines is 1. The minimum atomic E-state index is -0.530. The normalized spacial score (nSPS) is 10.9. The Labute approximate surface area is 269 Å². The number of carbonyl (C=O) groups excluding carboxylic acids is 3. The number of aromatic nitrogens is 4. The maximum Gasteiger partial charge on any atom is 0.344 e. The summed E-state index contributed by atoms with van der Waals surface area (Å²) in [6, 6.07) is 21.2. The number of nitrogens with zero attached hydrogens (tertiary/aromatic N) is 4. The van der Waals surface area contributed by atoms with E-state index in [0.29, 0.717) is 29.3 Å². The second-order valence-corrected chi connectivity index (χ2v) is 10.3. The molecule has 12 nitrogen and oxygen atoms in total. The molecular weight excluding hydrogens is 614 g/mol. The predicted molar refractivity (Wildman–Crippen MR) is 171 cm³/mol. The third kappa shape index (κ3) is 7.46. The molecular formula is C33H32ClN5O7. The van der Waals surface area contributed by atoms with Crippen molar-refractivity contribution < 1.29 is 33.3 Å². The summed E-state index contributed by atoms with van der Waals surface area (Å²) in [6.07, 6.45) is 0. The number of amides is 1. The van der Waals surface area contributed by atoms with Crippen LogP contribution in [0.15, 0.2) is 72.8 Å². The summed E-state index contributed by atoms with van der Waals surface area (Å²) in [6.45, 7) is 3.88. The Morgan fingerprint density at radius 3 is 2.37 bits per heavy atom. The van der Waals surface area contributed by atoms with Crippen LogP contribution in [0.2, 0.25) is 5.02 Å². The summed E-state index contributed by atoms with van der Waals surface area (Å²) in [5, 5.41) is 7.67. The lowest BCUT2D eigenvalue weighted by molar-refractivity contribution is -0.145. The molecule has 0 aliphatic carbocycles. The van der Waals surface area contributed by atoms with Crippen LogP contribution in [0.4, 0.5) is 5.82 Å². The van der Waals surface area contributed by atoms with Gasteiger partial charge >= 0.3 is 11.9 Å². The second kappa shape index (κ2) is 14.6. The molecule has 2 aromatic heterocycles. The average molecular weight is 646 g/mol. The van der Waals surface area contributed by atoms with Crippen LogP contribution >= 0.6 is 11.6 Å². The van der Waals surface area contributed by atoms with Gasteiger partial charge in [-0.15, -0.1) is 0 Å². The molecule has 0 aliphatic heterocycles. The number of esters is 2. The Kier molecular flexibility index (Phi) is 10.2. The number of para-hydroxylation sites is 2. The lowest BCUT2D eigenvalue weighted by Gasteiger charge is -2.11. The smallest absolute Gasteiger partial charge is 0.344 e. The highest BCUT2D eigenvalue weighted by Gasteiger charge is 2.22. The molecule has 0 aliphatic rings. The number of fused-ring (bicyclic) bond motifs is 1. The van der Waals surface area contributed by atoms with Crippen molar-refractivity contribution in [2.24, 2.45) is 0 Å². The van der Waals surface area contributed by atoms with Gasteiger partial charge in [-0.2, -0.15) is 5.10 Å². The summed E-state index contributed by atoms with van der Waals surface area (Å²) < 4.78 is 24.3. The van der Waals surface area contributed by atoms with Crippen molar-refractivity contribution in [3.8, 4) is 23.0 Å². The molecule has 0 saturated heterocycles. The van der Waals surface area contributed by atoms with Crippen molar-refractivity contribution in [2.75, 3.05) is 32.2 Å². The predicted octanol–water partition coefficient (Wildman–Crippen LogP) is 5.37. The SMILES string of the molecule is CCOC(=O)COc1ccc(C(=O)Nc2cc(-c3nc4ccccc4n3CC(=O)OCC)n(Cc3ccc(OC)cc3)n2)cc1Cl. The molecule has 0 saturated carbocycles. The van der Waals surface area contributed by atoms with Gasteiger partial charge in [0.1, 0.15) is 23.7 Å². The van der Waals surface area contributed by atoms with Gasteiger partial charge in [-0.1, -0.05) is 35.9 Å². The molecule has 0 unspecified atom stereocenters. The Hall–Kier alpha value is -5.36. The number of hydrogen-bond acceptors (Lipinski definition) is 9. The van der Waals surface area contributed by atoms with Crippen molar-refractivity contribution in [1.29, 1.82) is 0 Å². The van der Waals surface area contributed by atoms with E-state index in [0.717, 1.165) is 11.1 Å². The first-order valence-electron chi connectivity index (χ1n) is 14.5. The third-order valence-corrected chi connectivity index (χ3v) is 7.13. The molecule has 0 radical (unpaired) electrons. The van der Waals surface area contributed by atoms with Crippen molar-refractivity contribution in [3.05, 3.63) is 88.9 Å². The third-order valence-electron chi connectivity index (χ3n) is 6.83. The van der Waals surface area contributed by atoms with Crippen LogP contribution < -0.4 is 14.8 Å². The highest BCUT2D eigenvalue weighted by atomic mass is 35.5. The fourth-order valence-corrected chi connectivity index (χ4v) is 4.97. The van der Waals surface area contributed by atoms with E-state index in [1.165, 1.54) is 18.2 Å². The molecule has 3 aromatic carbocycles. The fourth-order valence-electron chi connectivity index (χ4n) is 4.74. The number of carbonyl (C=O) groups is 3. The molecule has 0 bridgehead atoms. The quantitative estimate of drug-likeness (QED) is 0.168. The Morgan fingerprint density at radius 2 is 1.65 bits per heavy atom. The van der Waals surface area contributed by atoms with E-state index in [1.54, 1.807) is 36.3 Å². The zero-order chi connectivity index (χ0) is 32.6. The lowest BCUT2D eigenvalue weighted by Crippen LogP contribution is -2.15. The van der Waals surface area contributed by atoms with E-state index in [9.17, 15) is 14.4 Å². The van der Waals surface area contributed by atoms with E-state index in [1.807, 2.05) is 48.5 Å². The van der Waals surface area contributed by atoms with E-state index < -0.39 is 17.8 Å². The number of methoxy groups -OCH3 is 1. The van der Waals surface area contributed by atoms with Gasteiger partial charge in [0, 0.05) is 11.6 Å². The Morgan fingerprint density at radius 1 is 0.913 bits per heavy atom. The first kappa shape index (κ1) is 32.0. The maximum atomic E-state index is 13.3. The Bertz CT molecular complexity index is 1870. The number of hydrogen-bond donors (Lipinski definition) is 1. The first-order valence-corrected chi connectivity index (χ1v) is 14.9. The minimum Gasteiger partial charge on any atom is -0.497 e. The van der Waals surface area contributed by atoms with Crippen LogP contribution in [-0.4, -0.2) is 64.1 Å². The topological polar surface area (TPSA) is 136 Å². The number of benzene rings is 3. The van der Waals surface area contributed by atoms with Gasteiger partial charge in [-0.3, -0.25) is 14.3 Å². The maximum absolute atomic E-state index is 13.3. The first-order chi connectivity index (χ1) is 22.3. The number of nitrogens with one attached hydrogen (secondary N) is 1. The van der Waals surface area contributed by atoms with Gasteiger partial charge in [0.05, 0.1) is 42.9 Å². The highest BCUT2D eigenvalue weighted by Crippen LogP contribution is 2.29. The van der Waals surface area contributed by atoms with Gasteiger partial charge in [0.15, 0.2) is 18.2 Å². The van der Waals surface area contributed by atoms with Gasteiger partial charge in [-0.25, -0.2) is 9.78 Å². The number of rotatable bonds is 13. The monoisotopic (exact) mass is 645 g/mol. The summed E-state index contributed by atoms with van der Waals surface area (Å²) in [4.78, 5) is 42.4. The number of imidazole rings is 1. The fraction of sp³-hybridized carbons (Fsp3) is 0.242. The van der Waals surface area contributed by atoms with Crippen LogP contribution in [0, 0.1) is 0 Å². The molecule has 0 fully saturated rings. The van der Waals surface area contributed by atoms with Gasteiger partial charge in [-0.05, 0) is 61.9 Å². The second-order valence-electron chi connectivity index (χ2n) is 9.93. The molecule has 5 rings (SSSR count). The van der Waals surface area contributed by atoms with Crippen LogP contribution in [-0.2, 0) is 32.2 Å². The summed E-state index contributed by atoms with van der Waals surface area (Å²) >= 11 is 6.34. The summed E-state index contributed by atoms with van der Waals surface area (Å²) in [5.41, 5.74) is 3.15. The lowest BCUT2D eigenvalue weighted by atomic mass is 10.2. The van der Waals surface area contributed by atoms with Gasteiger partial charge in [0.2, 0.25) is 0 Å². The molecule has 0 spiro atoms. The van der Waals surface area contributed by atoms with E-state index >= 15 is 0 Å². The van der Waals surface area contributed by atoms with E-state index in [4.69, 9.17) is 40.6 Å². The zero-order valence-corrected chi connectivity index (χ0v) is 26.2. The molecule has 0 atom stereocenters. The molecule has 238 valence electrons. The summed E-state index contributed by atoms with van der Waals surface area (Å²) in [7, 11) is 1.60. The molecule has 1 N–H and O–H groups in total. The summed E-state index contributed by atoms with van der Waals surface area (Å²) in [5.74, 6) is 0.260. The van der Waals surface area contributed by atoms with Crippen LogP contribution in [0.25, 0.3) is 22.6 Å². The van der Waals surface area contributed by atoms with Crippen LogP contribution in [0.1, 0.15) is 29.8 Å². The van der Waals surface area contributed by atoms with Crippen molar-refractivity contribution in [3.63, 3.8) is 0 Å². The molecule has 46 heavy (non-hydrogen) atoms. The molecule has 1 amide bonds. The van der Waals surface area contributed by atoms with E-state index in [-0.39, 0.29) is 48.5 Å². The standard InChI is InChI=1S/C33H32ClN5O7/c1-4-44-30(40)19-38-26-9-7-6-8-25(26)35-32(38)27-17-29(37-39(27)18-21-10-13-23(43-3)14-11-21)36-33(42)22-12-15-28(24(34)16-22)46-20-31(41)45-5-2/h6-17H,4-5,18-20H2,1-3H3,(H,36,37,42). The van der Waals surface area contributed by atoms with E-state index in [2.05, 4.69) is 5.32 Å². The molecule has 2 heterocycles. The Balaban J connectivity index is 1.48. The van der Waals surface area contributed by atoms with Crippen LogP contribution in [0.3, 0.4) is 0 Å². The zero-order valence-electron chi connectivity index (χ0n) is 25.5. The molecule has 5 aromatic rings. The highest BCUT2D eigenvalue weighted by molar-refractivity contribution is 6.32. The molecule has 13 heteroatoms. The minimum absolute atomic E-state index is 0.0673.